The Morgan fingerprint density at radius 3 is 2.90 bits per heavy atom. The van der Waals surface area contributed by atoms with Gasteiger partial charge < -0.3 is 4.74 Å². The summed E-state index contributed by atoms with van der Waals surface area (Å²) in [4.78, 5) is 11.3. The number of carbonyl (C=O) groups is 1. The second-order valence-electron chi connectivity index (χ2n) is 1.62. The highest BCUT2D eigenvalue weighted by Gasteiger charge is 2.06. The van der Waals surface area contributed by atoms with Crippen LogP contribution in [0.2, 0.25) is 5.02 Å². The third kappa shape index (κ3) is 1.49. The number of halogens is 1. The van der Waals surface area contributed by atoms with Crippen molar-refractivity contribution in [3.8, 4) is 0 Å². The number of thiophene rings is 1. The Morgan fingerprint density at radius 1 is 1.80 bits per heavy atom. The van der Waals surface area contributed by atoms with E-state index in [1.165, 1.54) is 18.4 Å². The van der Waals surface area contributed by atoms with E-state index < -0.39 is 0 Å². The quantitative estimate of drug-likeness (QED) is 0.614. The highest BCUT2D eigenvalue weighted by Crippen LogP contribution is 2.19. The van der Waals surface area contributed by atoms with E-state index in [1.807, 2.05) is 0 Å². The Bertz CT molecular complexity index is 244. The van der Waals surface area contributed by atoms with Gasteiger partial charge >= 0.3 is 5.97 Å². The van der Waals surface area contributed by atoms with Crippen molar-refractivity contribution >= 4 is 28.9 Å². The molecule has 10 heavy (non-hydrogen) atoms. The van der Waals surface area contributed by atoms with Crippen LogP contribution in [0.4, 0.5) is 0 Å². The Hall–Kier alpha value is -0.540. The van der Waals surface area contributed by atoms with Crippen molar-refractivity contribution < 1.29 is 9.53 Å². The molecule has 0 N–H and O–H groups in total. The van der Waals surface area contributed by atoms with Gasteiger partial charge in [-0.25, -0.2) is 4.79 Å². The van der Waals surface area contributed by atoms with Crippen LogP contribution in [-0.4, -0.2) is 13.1 Å². The van der Waals surface area contributed by atoms with Crippen molar-refractivity contribution in [3.63, 3.8) is 0 Å². The topological polar surface area (TPSA) is 26.3 Å². The molecular formula is C6H5ClO2S. The summed E-state index contributed by atoms with van der Waals surface area (Å²) < 4.78 is 4.46. The molecule has 0 unspecified atom stereocenters. The molecule has 1 heterocycles. The summed E-state index contributed by atoms with van der Waals surface area (Å²) in [5.41, 5.74) is 0. The Labute approximate surface area is 67.4 Å². The molecule has 0 saturated carbocycles. The third-order valence-electron chi connectivity index (χ3n) is 0.954. The lowest BCUT2D eigenvalue weighted by atomic mass is 10.5. The van der Waals surface area contributed by atoms with Gasteiger partial charge in [0.2, 0.25) is 0 Å². The molecule has 0 bridgehead atoms. The first-order chi connectivity index (χ1) is 4.74. The zero-order valence-electron chi connectivity index (χ0n) is 5.26. The second kappa shape index (κ2) is 3.03. The SMILES string of the molecule is COC(=O)c1cc(Cl)cs1. The van der Waals surface area contributed by atoms with Crippen LogP contribution >= 0.6 is 22.9 Å². The van der Waals surface area contributed by atoms with Crippen LogP contribution in [0.25, 0.3) is 0 Å². The first-order valence-corrected chi connectivity index (χ1v) is 3.82. The van der Waals surface area contributed by atoms with Gasteiger partial charge in [-0.15, -0.1) is 11.3 Å². The van der Waals surface area contributed by atoms with Gasteiger partial charge in [0.1, 0.15) is 4.88 Å². The average molecular weight is 177 g/mol. The van der Waals surface area contributed by atoms with E-state index in [0.717, 1.165) is 0 Å². The summed E-state index contributed by atoms with van der Waals surface area (Å²) in [5, 5.41) is 2.26. The standard InChI is InChI=1S/C6H5ClO2S/c1-9-6(8)5-2-4(7)3-10-5/h2-3H,1H3. The minimum Gasteiger partial charge on any atom is -0.465 e. The molecule has 0 amide bonds. The molecule has 0 saturated heterocycles. The average Bonchev–Trinajstić information content (AvgIpc) is 2.34. The fraction of sp³-hybridized carbons (Fsp3) is 0.167. The molecule has 54 valence electrons. The van der Waals surface area contributed by atoms with Crippen LogP contribution in [-0.2, 0) is 4.74 Å². The van der Waals surface area contributed by atoms with Crippen LogP contribution in [0.15, 0.2) is 11.4 Å². The maximum absolute atomic E-state index is 10.8. The molecular weight excluding hydrogens is 172 g/mol. The number of hydrogen-bond acceptors (Lipinski definition) is 3. The molecule has 0 spiro atoms. The summed E-state index contributed by atoms with van der Waals surface area (Å²) in [6.45, 7) is 0. The molecule has 0 aliphatic carbocycles. The van der Waals surface area contributed by atoms with Crippen molar-refractivity contribution in [3.05, 3.63) is 21.3 Å². The van der Waals surface area contributed by atoms with Gasteiger partial charge in [0.25, 0.3) is 0 Å². The van der Waals surface area contributed by atoms with E-state index in [1.54, 1.807) is 11.4 Å². The predicted molar refractivity (Wildman–Crippen MR) is 40.7 cm³/mol. The molecule has 4 heteroatoms. The van der Waals surface area contributed by atoms with E-state index in [0.29, 0.717) is 9.90 Å². The zero-order valence-corrected chi connectivity index (χ0v) is 6.83. The van der Waals surface area contributed by atoms with Crippen LogP contribution in [0.5, 0.6) is 0 Å². The molecule has 1 aromatic rings. The van der Waals surface area contributed by atoms with E-state index in [-0.39, 0.29) is 5.97 Å². The lowest BCUT2D eigenvalue weighted by Gasteiger charge is -1.90. The number of carbonyl (C=O) groups excluding carboxylic acids is 1. The number of ether oxygens (including phenoxy) is 1. The Kier molecular flexibility index (Phi) is 2.29. The molecule has 0 fully saturated rings. The first kappa shape index (κ1) is 7.57. The lowest BCUT2D eigenvalue weighted by molar-refractivity contribution is 0.0606. The highest BCUT2D eigenvalue weighted by molar-refractivity contribution is 7.12. The lowest BCUT2D eigenvalue weighted by Crippen LogP contribution is -1.96. The van der Waals surface area contributed by atoms with Gasteiger partial charge in [-0.2, -0.15) is 0 Å². The van der Waals surface area contributed by atoms with Crippen molar-refractivity contribution in [1.82, 2.24) is 0 Å². The molecule has 1 aromatic heterocycles. The normalized spacial score (nSPS) is 9.40. The first-order valence-electron chi connectivity index (χ1n) is 2.56. The summed E-state index contributed by atoms with van der Waals surface area (Å²) >= 11 is 6.84. The summed E-state index contributed by atoms with van der Waals surface area (Å²) in [6, 6.07) is 1.58. The minimum atomic E-state index is -0.336. The fourth-order valence-corrected chi connectivity index (χ4v) is 1.51. The van der Waals surface area contributed by atoms with Gasteiger partial charge in [0.15, 0.2) is 0 Å². The van der Waals surface area contributed by atoms with Gasteiger partial charge in [0.05, 0.1) is 12.1 Å². The van der Waals surface area contributed by atoms with Crippen molar-refractivity contribution in [2.45, 2.75) is 0 Å². The minimum absolute atomic E-state index is 0.336. The van der Waals surface area contributed by atoms with Gasteiger partial charge in [-0.1, -0.05) is 11.6 Å². The van der Waals surface area contributed by atoms with Crippen LogP contribution < -0.4 is 0 Å². The monoisotopic (exact) mass is 176 g/mol. The molecule has 0 aliphatic heterocycles. The van der Waals surface area contributed by atoms with Crippen LogP contribution in [0.3, 0.4) is 0 Å². The van der Waals surface area contributed by atoms with E-state index in [2.05, 4.69) is 4.74 Å². The largest absolute Gasteiger partial charge is 0.465 e. The second-order valence-corrected chi connectivity index (χ2v) is 2.97. The zero-order chi connectivity index (χ0) is 7.56. The molecule has 0 atom stereocenters. The predicted octanol–water partition coefficient (Wildman–Crippen LogP) is 2.19. The maximum Gasteiger partial charge on any atom is 0.348 e. The van der Waals surface area contributed by atoms with Gasteiger partial charge in [-0.3, -0.25) is 0 Å². The number of rotatable bonds is 1. The van der Waals surface area contributed by atoms with Crippen molar-refractivity contribution in [2.75, 3.05) is 7.11 Å². The summed E-state index contributed by atoms with van der Waals surface area (Å²) in [7, 11) is 1.34. The third-order valence-corrected chi connectivity index (χ3v) is 2.21. The van der Waals surface area contributed by atoms with E-state index in [9.17, 15) is 4.79 Å². The van der Waals surface area contributed by atoms with Crippen LogP contribution in [0, 0.1) is 0 Å². The van der Waals surface area contributed by atoms with Gasteiger partial charge in [0, 0.05) is 5.38 Å². The molecule has 0 aromatic carbocycles. The number of esters is 1. The number of methoxy groups -OCH3 is 1. The van der Waals surface area contributed by atoms with E-state index in [4.69, 9.17) is 11.6 Å². The Balaban J connectivity index is 2.85. The summed E-state index contributed by atoms with van der Waals surface area (Å²) in [6.07, 6.45) is 0. The number of hydrogen-bond donors (Lipinski definition) is 0. The van der Waals surface area contributed by atoms with Crippen LogP contribution in [0.1, 0.15) is 9.67 Å². The van der Waals surface area contributed by atoms with Crippen molar-refractivity contribution in [2.24, 2.45) is 0 Å². The highest BCUT2D eigenvalue weighted by atomic mass is 35.5. The summed E-state index contributed by atoms with van der Waals surface area (Å²) in [5.74, 6) is -0.336. The van der Waals surface area contributed by atoms with E-state index >= 15 is 0 Å². The molecule has 0 aliphatic rings. The molecule has 2 nitrogen and oxygen atoms in total. The van der Waals surface area contributed by atoms with Crippen molar-refractivity contribution in [1.29, 1.82) is 0 Å². The molecule has 1 rings (SSSR count). The fourth-order valence-electron chi connectivity index (χ4n) is 0.521. The maximum atomic E-state index is 10.8. The smallest absolute Gasteiger partial charge is 0.348 e. The molecule has 0 radical (unpaired) electrons. The Morgan fingerprint density at radius 2 is 2.50 bits per heavy atom. The van der Waals surface area contributed by atoms with Gasteiger partial charge in [-0.05, 0) is 6.07 Å².